The molecule has 10 heteroatoms. The molecule has 0 radical (unpaired) electrons. The maximum absolute atomic E-state index is 13.2. The van der Waals surface area contributed by atoms with Crippen LogP contribution >= 0.6 is 23.2 Å². The lowest BCUT2D eigenvalue weighted by Crippen LogP contribution is -2.37. The highest BCUT2D eigenvalue weighted by atomic mass is 35.5. The zero-order valence-corrected chi connectivity index (χ0v) is 20.2. The molecule has 0 unspecified atom stereocenters. The SMILES string of the molecule is COc1cccc(NC(=O)COC(=O)c2cccc(N3C(=O)[C@@H]4[C@H]5C[C@@H]([C@H](Cl)[C@H]5Cl)[C@H]4C3=O)c2)c1. The highest BCUT2D eigenvalue weighted by Crippen LogP contribution is 2.59. The topological polar surface area (TPSA) is 102 Å². The highest BCUT2D eigenvalue weighted by Gasteiger charge is 2.66. The first-order valence-corrected chi connectivity index (χ1v) is 12.0. The van der Waals surface area contributed by atoms with E-state index in [2.05, 4.69) is 5.32 Å². The molecule has 3 fully saturated rings. The first-order chi connectivity index (χ1) is 16.8. The number of imide groups is 1. The van der Waals surface area contributed by atoms with Crippen LogP contribution < -0.4 is 15.0 Å². The van der Waals surface area contributed by atoms with Gasteiger partial charge in [-0.3, -0.25) is 19.3 Å². The number of carbonyl (C=O) groups is 4. The number of alkyl halides is 2. The van der Waals surface area contributed by atoms with Gasteiger partial charge in [-0.25, -0.2) is 4.79 Å². The normalized spacial score (nSPS) is 28.7. The van der Waals surface area contributed by atoms with Crippen molar-refractivity contribution in [2.24, 2.45) is 23.7 Å². The number of rotatable bonds is 6. The van der Waals surface area contributed by atoms with Crippen LogP contribution in [0.3, 0.4) is 0 Å². The highest BCUT2D eigenvalue weighted by molar-refractivity contribution is 6.32. The number of fused-ring (bicyclic) bond motifs is 5. The van der Waals surface area contributed by atoms with Gasteiger partial charge in [0.15, 0.2) is 6.61 Å². The summed E-state index contributed by atoms with van der Waals surface area (Å²) in [6.45, 7) is -0.510. The van der Waals surface area contributed by atoms with Gasteiger partial charge in [-0.05, 0) is 48.6 Å². The van der Waals surface area contributed by atoms with Crippen LogP contribution in [0.25, 0.3) is 0 Å². The van der Waals surface area contributed by atoms with Gasteiger partial charge in [0, 0.05) is 11.8 Å². The van der Waals surface area contributed by atoms with Crippen molar-refractivity contribution >= 4 is 58.3 Å². The molecule has 2 bridgehead atoms. The van der Waals surface area contributed by atoms with E-state index in [1.54, 1.807) is 36.4 Å². The number of nitrogens with zero attached hydrogens (tertiary/aromatic N) is 1. The zero-order chi connectivity index (χ0) is 24.9. The average Bonchev–Trinajstić information content (AvgIpc) is 3.47. The fourth-order valence-electron chi connectivity index (χ4n) is 5.49. The molecule has 3 aliphatic rings. The van der Waals surface area contributed by atoms with Crippen molar-refractivity contribution in [1.82, 2.24) is 0 Å². The van der Waals surface area contributed by atoms with E-state index < -0.39 is 30.3 Å². The molecule has 2 aliphatic carbocycles. The molecule has 1 heterocycles. The Morgan fingerprint density at radius 3 is 2.31 bits per heavy atom. The van der Waals surface area contributed by atoms with E-state index in [0.717, 1.165) is 4.90 Å². The lowest BCUT2D eigenvalue weighted by Gasteiger charge is -2.28. The number of amides is 3. The summed E-state index contributed by atoms with van der Waals surface area (Å²) in [5, 5.41) is 1.93. The number of benzene rings is 2. The number of nitrogens with one attached hydrogen (secondary N) is 1. The van der Waals surface area contributed by atoms with Crippen LogP contribution in [0.5, 0.6) is 5.75 Å². The summed E-state index contributed by atoms with van der Waals surface area (Å²) in [5.74, 6) is -2.57. The number of esters is 1. The van der Waals surface area contributed by atoms with E-state index in [1.807, 2.05) is 0 Å². The van der Waals surface area contributed by atoms with Gasteiger partial charge in [-0.2, -0.15) is 0 Å². The second kappa shape index (κ2) is 9.17. The van der Waals surface area contributed by atoms with Crippen molar-refractivity contribution in [3.63, 3.8) is 0 Å². The van der Waals surface area contributed by atoms with Gasteiger partial charge < -0.3 is 14.8 Å². The predicted octanol–water partition coefficient (Wildman–Crippen LogP) is 3.46. The third kappa shape index (κ3) is 4.04. The summed E-state index contributed by atoms with van der Waals surface area (Å²) in [6.07, 6.45) is 0.674. The van der Waals surface area contributed by atoms with E-state index in [9.17, 15) is 19.2 Å². The second-order valence-corrected chi connectivity index (χ2v) is 9.93. The molecular formula is C25H22Cl2N2O6. The number of hydrogen-bond donors (Lipinski definition) is 1. The summed E-state index contributed by atoms with van der Waals surface area (Å²) in [4.78, 5) is 52.3. The van der Waals surface area contributed by atoms with Crippen molar-refractivity contribution in [2.75, 3.05) is 23.9 Å². The minimum Gasteiger partial charge on any atom is -0.497 e. The Bertz CT molecular complexity index is 1190. The van der Waals surface area contributed by atoms with E-state index in [0.29, 0.717) is 17.9 Å². The standard InChI is InChI=1S/C25H22Cl2N2O6/c1-34-15-7-3-5-13(9-15)28-18(30)11-35-25(33)12-4-2-6-14(8-12)29-23(31)19-16-10-17(20(19)24(29)32)22(27)21(16)26/h2-9,16-17,19-22H,10-11H2,1H3,(H,28,30)/t16-,17-,19-,20-,21+,22+/m1/s1. The molecule has 1 aliphatic heterocycles. The molecule has 5 rings (SSSR count). The molecule has 2 aromatic carbocycles. The van der Waals surface area contributed by atoms with Crippen molar-refractivity contribution in [3.05, 3.63) is 54.1 Å². The number of anilines is 2. The van der Waals surface area contributed by atoms with Crippen LogP contribution in [-0.4, -0.2) is 48.2 Å². The fraction of sp³-hybridized carbons (Fsp3) is 0.360. The van der Waals surface area contributed by atoms with Gasteiger partial charge in [0.05, 0.1) is 41.0 Å². The number of halogens is 2. The molecule has 182 valence electrons. The Labute approximate surface area is 211 Å². The second-order valence-electron chi connectivity index (χ2n) is 8.92. The monoisotopic (exact) mass is 516 g/mol. The summed E-state index contributed by atoms with van der Waals surface area (Å²) in [5.41, 5.74) is 0.889. The zero-order valence-electron chi connectivity index (χ0n) is 18.6. The van der Waals surface area contributed by atoms with Gasteiger partial charge in [0.2, 0.25) is 11.8 Å². The van der Waals surface area contributed by atoms with Crippen LogP contribution in [0.15, 0.2) is 48.5 Å². The number of methoxy groups -OCH3 is 1. The van der Waals surface area contributed by atoms with E-state index in [-0.39, 0.29) is 45.7 Å². The van der Waals surface area contributed by atoms with Crippen molar-refractivity contribution < 1.29 is 28.7 Å². The van der Waals surface area contributed by atoms with Gasteiger partial charge in [-0.15, -0.1) is 23.2 Å². The molecule has 0 aromatic heterocycles. The Morgan fingerprint density at radius 1 is 1.00 bits per heavy atom. The Kier molecular flexibility index (Phi) is 6.19. The van der Waals surface area contributed by atoms with E-state index >= 15 is 0 Å². The summed E-state index contributed by atoms with van der Waals surface area (Å²) < 4.78 is 10.2. The van der Waals surface area contributed by atoms with Crippen LogP contribution in [0.1, 0.15) is 16.8 Å². The van der Waals surface area contributed by atoms with Crippen LogP contribution in [0.2, 0.25) is 0 Å². The predicted molar refractivity (Wildman–Crippen MR) is 129 cm³/mol. The third-order valence-electron chi connectivity index (χ3n) is 7.02. The Hall–Kier alpha value is -3.10. The summed E-state index contributed by atoms with van der Waals surface area (Å²) >= 11 is 12.8. The largest absolute Gasteiger partial charge is 0.497 e. The molecule has 8 nitrogen and oxygen atoms in total. The molecule has 2 aromatic rings. The summed E-state index contributed by atoms with van der Waals surface area (Å²) in [6, 6.07) is 12.8. The van der Waals surface area contributed by atoms with Gasteiger partial charge in [-0.1, -0.05) is 12.1 Å². The lowest BCUT2D eigenvalue weighted by molar-refractivity contribution is -0.123. The molecule has 1 N–H and O–H groups in total. The lowest BCUT2D eigenvalue weighted by atomic mass is 9.80. The van der Waals surface area contributed by atoms with Crippen LogP contribution in [0.4, 0.5) is 11.4 Å². The van der Waals surface area contributed by atoms with E-state index in [1.165, 1.54) is 19.2 Å². The molecule has 1 saturated heterocycles. The van der Waals surface area contributed by atoms with Crippen molar-refractivity contribution in [2.45, 2.75) is 17.2 Å². The van der Waals surface area contributed by atoms with Gasteiger partial charge >= 0.3 is 5.97 Å². The van der Waals surface area contributed by atoms with E-state index in [4.69, 9.17) is 32.7 Å². The first kappa shape index (κ1) is 23.6. The fourth-order valence-corrected chi connectivity index (χ4v) is 6.38. The minimum atomic E-state index is -0.756. The molecular weight excluding hydrogens is 495 g/mol. The third-order valence-corrected chi connectivity index (χ3v) is 8.33. The Balaban J connectivity index is 1.25. The maximum atomic E-state index is 13.2. The molecule has 0 spiro atoms. The van der Waals surface area contributed by atoms with Crippen molar-refractivity contribution in [3.8, 4) is 5.75 Å². The maximum Gasteiger partial charge on any atom is 0.338 e. The number of hydrogen-bond acceptors (Lipinski definition) is 6. The van der Waals surface area contributed by atoms with Gasteiger partial charge in [0.25, 0.3) is 5.91 Å². The van der Waals surface area contributed by atoms with Crippen LogP contribution in [-0.2, 0) is 19.1 Å². The molecule has 3 amide bonds. The summed E-state index contributed by atoms with van der Waals surface area (Å²) in [7, 11) is 1.51. The molecule has 2 saturated carbocycles. The number of ether oxygens (including phenoxy) is 2. The minimum absolute atomic E-state index is 0.114. The number of carbonyl (C=O) groups excluding carboxylic acids is 4. The van der Waals surface area contributed by atoms with Crippen LogP contribution in [0, 0.1) is 23.7 Å². The Morgan fingerprint density at radius 2 is 1.66 bits per heavy atom. The smallest absolute Gasteiger partial charge is 0.338 e. The van der Waals surface area contributed by atoms with Gasteiger partial charge in [0.1, 0.15) is 5.75 Å². The van der Waals surface area contributed by atoms with Crippen molar-refractivity contribution in [1.29, 1.82) is 0 Å². The quantitative estimate of drug-likeness (QED) is 0.358. The first-order valence-electron chi connectivity index (χ1n) is 11.2. The molecule has 35 heavy (non-hydrogen) atoms. The molecule has 6 atom stereocenters. The average molecular weight is 517 g/mol.